The molecule has 1 heterocycles. The second-order valence-electron chi connectivity index (χ2n) is 4.62. The molecule has 94 valence electrons. The van der Waals surface area contributed by atoms with E-state index in [9.17, 15) is 4.79 Å². The summed E-state index contributed by atoms with van der Waals surface area (Å²) in [5.41, 5.74) is 2.94. The molecule has 2 aromatic rings. The molecule has 2 nitrogen and oxygen atoms in total. The van der Waals surface area contributed by atoms with Crippen molar-refractivity contribution in [2.45, 2.75) is 33.6 Å². The lowest BCUT2D eigenvalue weighted by Gasteiger charge is -2.02. The van der Waals surface area contributed by atoms with E-state index in [1.807, 2.05) is 51.1 Å². The van der Waals surface area contributed by atoms with Gasteiger partial charge in [-0.3, -0.25) is 4.79 Å². The van der Waals surface area contributed by atoms with E-state index in [-0.39, 0.29) is 5.78 Å². The minimum Gasteiger partial charge on any atom is -0.466 e. The van der Waals surface area contributed by atoms with Gasteiger partial charge in [-0.25, -0.2) is 0 Å². The number of hydrogen-bond acceptors (Lipinski definition) is 2. The molecular weight excluding hydrogens is 224 g/mol. The van der Waals surface area contributed by atoms with Crippen molar-refractivity contribution >= 4 is 5.78 Å². The Kier molecular flexibility index (Phi) is 3.66. The van der Waals surface area contributed by atoms with Gasteiger partial charge in [0.25, 0.3) is 0 Å². The van der Waals surface area contributed by atoms with Crippen LogP contribution >= 0.6 is 0 Å². The van der Waals surface area contributed by atoms with E-state index in [1.54, 1.807) is 0 Å². The van der Waals surface area contributed by atoms with Crippen LogP contribution < -0.4 is 0 Å². The molecule has 0 amide bonds. The van der Waals surface area contributed by atoms with Crippen molar-refractivity contribution < 1.29 is 9.21 Å². The van der Waals surface area contributed by atoms with E-state index in [4.69, 9.17) is 4.42 Å². The average molecular weight is 242 g/mol. The van der Waals surface area contributed by atoms with Gasteiger partial charge in [0.2, 0.25) is 0 Å². The minimum atomic E-state index is 0.172. The Morgan fingerprint density at radius 2 is 1.72 bits per heavy atom. The lowest BCUT2D eigenvalue weighted by Crippen LogP contribution is -2.03. The molecule has 0 saturated heterocycles. The van der Waals surface area contributed by atoms with Crippen LogP contribution in [0.15, 0.2) is 34.7 Å². The normalized spacial score (nSPS) is 10.6. The highest BCUT2D eigenvalue weighted by atomic mass is 16.3. The molecule has 18 heavy (non-hydrogen) atoms. The fraction of sp³-hybridized carbons (Fsp3) is 0.312. The standard InChI is InChI=1S/C16H18O2/c1-11-12(2)18-13(3)16(11)15(17)10-9-14-7-5-4-6-8-14/h4-8H,9-10H2,1-3H3. The molecule has 0 aliphatic rings. The molecule has 0 unspecified atom stereocenters. The SMILES string of the molecule is Cc1oc(C)c(C(=O)CCc2ccccc2)c1C. The first-order valence-electron chi connectivity index (χ1n) is 6.23. The van der Waals surface area contributed by atoms with Crippen molar-refractivity contribution in [3.8, 4) is 0 Å². The van der Waals surface area contributed by atoms with Gasteiger partial charge < -0.3 is 4.42 Å². The van der Waals surface area contributed by atoms with Crippen LogP contribution in [0.5, 0.6) is 0 Å². The minimum absolute atomic E-state index is 0.172. The number of carbonyl (C=O) groups is 1. The van der Waals surface area contributed by atoms with Crippen molar-refractivity contribution in [1.82, 2.24) is 0 Å². The van der Waals surface area contributed by atoms with Crippen molar-refractivity contribution in [2.75, 3.05) is 0 Å². The maximum Gasteiger partial charge on any atom is 0.166 e. The first kappa shape index (κ1) is 12.6. The summed E-state index contributed by atoms with van der Waals surface area (Å²) in [5, 5.41) is 0. The van der Waals surface area contributed by atoms with Gasteiger partial charge in [0.1, 0.15) is 11.5 Å². The maximum absolute atomic E-state index is 12.2. The van der Waals surface area contributed by atoms with Crippen molar-refractivity contribution in [3.05, 3.63) is 58.5 Å². The summed E-state index contributed by atoms with van der Waals surface area (Å²) >= 11 is 0. The summed E-state index contributed by atoms with van der Waals surface area (Å²) in [6, 6.07) is 10.1. The molecular formula is C16H18O2. The van der Waals surface area contributed by atoms with Gasteiger partial charge >= 0.3 is 0 Å². The monoisotopic (exact) mass is 242 g/mol. The summed E-state index contributed by atoms with van der Waals surface area (Å²) in [4.78, 5) is 12.2. The summed E-state index contributed by atoms with van der Waals surface area (Å²) in [7, 11) is 0. The zero-order valence-corrected chi connectivity index (χ0v) is 11.1. The van der Waals surface area contributed by atoms with Gasteiger partial charge in [-0.1, -0.05) is 30.3 Å². The number of ketones is 1. The Bertz CT molecular complexity index is 550. The van der Waals surface area contributed by atoms with Crippen molar-refractivity contribution in [1.29, 1.82) is 0 Å². The number of hydrogen-bond donors (Lipinski definition) is 0. The fourth-order valence-corrected chi connectivity index (χ4v) is 2.23. The van der Waals surface area contributed by atoms with E-state index in [0.29, 0.717) is 6.42 Å². The number of carbonyl (C=O) groups excluding carboxylic acids is 1. The van der Waals surface area contributed by atoms with Crippen LogP contribution in [0.4, 0.5) is 0 Å². The molecule has 2 rings (SSSR count). The van der Waals surface area contributed by atoms with Crippen LogP contribution in [-0.4, -0.2) is 5.78 Å². The maximum atomic E-state index is 12.2. The summed E-state index contributed by atoms with van der Waals surface area (Å²) in [6.45, 7) is 5.70. The van der Waals surface area contributed by atoms with Gasteiger partial charge in [0, 0.05) is 12.0 Å². The first-order chi connectivity index (χ1) is 8.59. The lowest BCUT2D eigenvalue weighted by atomic mass is 10.00. The van der Waals surface area contributed by atoms with E-state index >= 15 is 0 Å². The molecule has 2 heteroatoms. The molecule has 0 saturated carbocycles. The highest BCUT2D eigenvalue weighted by Crippen LogP contribution is 2.22. The van der Waals surface area contributed by atoms with Gasteiger partial charge in [0.15, 0.2) is 5.78 Å². The second-order valence-corrected chi connectivity index (χ2v) is 4.62. The van der Waals surface area contributed by atoms with Gasteiger partial charge in [-0.2, -0.15) is 0 Å². The number of Topliss-reactive ketones (excluding diaryl/α,β-unsaturated/α-hetero) is 1. The van der Waals surface area contributed by atoms with Crippen LogP contribution in [0, 0.1) is 20.8 Å². The van der Waals surface area contributed by atoms with Gasteiger partial charge in [0.05, 0.1) is 5.56 Å². The second kappa shape index (κ2) is 5.21. The first-order valence-corrected chi connectivity index (χ1v) is 6.23. The van der Waals surface area contributed by atoms with Crippen LogP contribution in [0.3, 0.4) is 0 Å². The summed E-state index contributed by atoms with van der Waals surface area (Å²) in [5.74, 6) is 1.75. The Labute approximate surface area is 108 Å². The van der Waals surface area contributed by atoms with Crippen LogP contribution in [0.1, 0.15) is 39.4 Å². The molecule has 0 bridgehead atoms. The summed E-state index contributed by atoms with van der Waals surface area (Å²) in [6.07, 6.45) is 1.31. The van der Waals surface area contributed by atoms with Gasteiger partial charge in [-0.05, 0) is 32.8 Å². The van der Waals surface area contributed by atoms with E-state index in [0.717, 1.165) is 29.1 Å². The van der Waals surface area contributed by atoms with E-state index in [1.165, 1.54) is 5.56 Å². The molecule has 0 radical (unpaired) electrons. The topological polar surface area (TPSA) is 30.2 Å². The van der Waals surface area contributed by atoms with Crippen molar-refractivity contribution in [3.63, 3.8) is 0 Å². The molecule has 0 aliphatic heterocycles. The fourth-order valence-electron chi connectivity index (χ4n) is 2.23. The third kappa shape index (κ3) is 2.53. The van der Waals surface area contributed by atoms with Crippen LogP contribution in [0.25, 0.3) is 0 Å². The zero-order valence-electron chi connectivity index (χ0n) is 11.1. The molecule has 0 fully saturated rings. The van der Waals surface area contributed by atoms with Crippen molar-refractivity contribution in [2.24, 2.45) is 0 Å². The Hall–Kier alpha value is -1.83. The predicted molar refractivity (Wildman–Crippen MR) is 72.0 cm³/mol. The largest absolute Gasteiger partial charge is 0.466 e. The summed E-state index contributed by atoms with van der Waals surface area (Å²) < 4.78 is 5.50. The highest BCUT2D eigenvalue weighted by molar-refractivity contribution is 5.98. The number of rotatable bonds is 4. The number of furan rings is 1. The number of aryl methyl sites for hydroxylation is 3. The average Bonchev–Trinajstić information content (AvgIpc) is 2.62. The molecule has 1 aromatic heterocycles. The molecule has 0 aliphatic carbocycles. The molecule has 0 atom stereocenters. The van der Waals surface area contributed by atoms with E-state index in [2.05, 4.69) is 0 Å². The molecule has 0 N–H and O–H groups in total. The Balaban J connectivity index is 2.09. The quantitative estimate of drug-likeness (QED) is 0.758. The third-order valence-corrected chi connectivity index (χ3v) is 3.32. The highest BCUT2D eigenvalue weighted by Gasteiger charge is 2.17. The molecule has 0 spiro atoms. The van der Waals surface area contributed by atoms with Crippen LogP contribution in [-0.2, 0) is 6.42 Å². The van der Waals surface area contributed by atoms with Crippen LogP contribution in [0.2, 0.25) is 0 Å². The smallest absolute Gasteiger partial charge is 0.166 e. The number of benzene rings is 1. The Morgan fingerprint density at radius 3 is 2.28 bits per heavy atom. The van der Waals surface area contributed by atoms with Gasteiger partial charge in [-0.15, -0.1) is 0 Å². The predicted octanol–water partition coefficient (Wildman–Crippen LogP) is 4.02. The Morgan fingerprint density at radius 1 is 1.06 bits per heavy atom. The lowest BCUT2D eigenvalue weighted by molar-refractivity contribution is 0.0981. The van der Waals surface area contributed by atoms with E-state index < -0.39 is 0 Å². The zero-order chi connectivity index (χ0) is 13.1. The third-order valence-electron chi connectivity index (χ3n) is 3.32. The molecule has 1 aromatic carbocycles.